The molecule has 90 valence electrons. The second-order valence-electron chi connectivity index (χ2n) is 4.95. The van der Waals surface area contributed by atoms with Crippen LogP contribution in [-0.2, 0) is 6.42 Å². The summed E-state index contributed by atoms with van der Waals surface area (Å²) in [6, 6.07) is 0.511. The topological polar surface area (TPSA) is 24.9 Å². The van der Waals surface area contributed by atoms with Crippen LogP contribution in [0.25, 0.3) is 0 Å². The Bertz CT molecular complexity index is 343. The molecule has 0 amide bonds. The van der Waals surface area contributed by atoms with Crippen LogP contribution in [0.2, 0.25) is 0 Å². The van der Waals surface area contributed by atoms with Gasteiger partial charge < -0.3 is 5.32 Å². The Morgan fingerprint density at radius 3 is 2.75 bits per heavy atom. The lowest BCUT2D eigenvalue weighted by Gasteiger charge is -2.26. The summed E-state index contributed by atoms with van der Waals surface area (Å²) in [6.07, 6.45) is 3.01. The van der Waals surface area contributed by atoms with E-state index in [1.807, 2.05) is 13.0 Å². The molecule has 1 unspecified atom stereocenters. The average molecular weight is 238 g/mol. The van der Waals surface area contributed by atoms with E-state index in [0.29, 0.717) is 6.04 Å². The van der Waals surface area contributed by atoms with E-state index >= 15 is 0 Å². The van der Waals surface area contributed by atoms with Crippen molar-refractivity contribution in [1.82, 2.24) is 10.3 Å². The van der Waals surface area contributed by atoms with Crippen molar-refractivity contribution in [3.05, 3.63) is 28.7 Å². The molecule has 0 aliphatic carbocycles. The van der Waals surface area contributed by atoms with Crippen molar-refractivity contribution in [3.63, 3.8) is 0 Å². The maximum atomic E-state index is 4.51. The second-order valence-corrected chi connectivity index (χ2v) is 5.90. The van der Waals surface area contributed by atoms with Crippen LogP contribution >= 0.6 is 11.3 Å². The van der Waals surface area contributed by atoms with Crippen molar-refractivity contribution in [1.29, 1.82) is 0 Å². The van der Waals surface area contributed by atoms with Crippen molar-refractivity contribution in [3.8, 4) is 0 Å². The number of aryl methyl sites for hydroxylation is 1. The summed E-state index contributed by atoms with van der Waals surface area (Å²) in [5.74, 6) is 0. The quantitative estimate of drug-likeness (QED) is 0.770. The zero-order valence-electron chi connectivity index (χ0n) is 10.7. The molecule has 0 radical (unpaired) electrons. The minimum Gasteiger partial charge on any atom is -0.314 e. The molecule has 1 rings (SSSR count). The van der Waals surface area contributed by atoms with Gasteiger partial charge in [-0.2, -0.15) is 0 Å². The molecule has 1 aromatic rings. The highest BCUT2D eigenvalue weighted by atomic mass is 32.1. The first-order chi connectivity index (χ1) is 7.45. The Hall–Kier alpha value is -0.670. The van der Waals surface area contributed by atoms with Gasteiger partial charge in [-0.25, -0.2) is 4.98 Å². The van der Waals surface area contributed by atoms with Gasteiger partial charge in [0.05, 0.1) is 5.01 Å². The summed E-state index contributed by atoms with van der Waals surface area (Å²) >= 11 is 1.74. The Morgan fingerprint density at radius 1 is 1.62 bits per heavy atom. The number of nitrogens with zero attached hydrogens (tertiary/aromatic N) is 1. The zero-order valence-corrected chi connectivity index (χ0v) is 11.5. The van der Waals surface area contributed by atoms with Crippen LogP contribution in [0.4, 0.5) is 0 Å². The molecule has 1 aromatic heterocycles. The first-order valence-electron chi connectivity index (χ1n) is 5.73. The Morgan fingerprint density at radius 2 is 2.31 bits per heavy atom. The van der Waals surface area contributed by atoms with Crippen molar-refractivity contribution in [2.45, 2.75) is 40.2 Å². The fraction of sp³-hybridized carbons (Fsp3) is 0.615. The minimum absolute atomic E-state index is 0.0918. The van der Waals surface area contributed by atoms with Crippen LogP contribution in [0.15, 0.2) is 18.0 Å². The normalized spacial score (nSPS) is 15.1. The lowest BCUT2D eigenvalue weighted by Crippen LogP contribution is -2.35. The maximum absolute atomic E-state index is 4.51. The van der Waals surface area contributed by atoms with Gasteiger partial charge in [0.2, 0.25) is 0 Å². The molecular weight excluding hydrogens is 216 g/mol. The molecule has 3 heteroatoms. The maximum Gasteiger partial charge on any atom is 0.0937 e. The largest absolute Gasteiger partial charge is 0.314 e. The van der Waals surface area contributed by atoms with Crippen molar-refractivity contribution >= 4 is 11.3 Å². The molecular formula is C13H22N2S. The Labute approximate surface area is 103 Å². The summed E-state index contributed by atoms with van der Waals surface area (Å²) in [5.41, 5.74) is 1.21. The van der Waals surface area contributed by atoms with Gasteiger partial charge in [0, 0.05) is 35.5 Å². The van der Waals surface area contributed by atoms with Gasteiger partial charge in [-0.05, 0) is 6.92 Å². The van der Waals surface area contributed by atoms with E-state index in [4.69, 9.17) is 0 Å². The first-order valence-corrected chi connectivity index (χ1v) is 6.61. The van der Waals surface area contributed by atoms with Gasteiger partial charge in [0.1, 0.15) is 0 Å². The molecule has 0 aliphatic heterocycles. The minimum atomic E-state index is 0.0918. The van der Waals surface area contributed by atoms with Gasteiger partial charge in [-0.15, -0.1) is 17.9 Å². The van der Waals surface area contributed by atoms with Gasteiger partial charge in [-0.1, -0.05) is 26.8 Å². The highest BCUT2D eigenvalue weighted by molar-refractivity contribution is 7.09. The molecule has 2 nitrogen and oxygen atoms in total. The van der Waals surface area contributed by atoms with Gasteiger partial charge >= 0.3 is 0 Å². The van der Waals surface area contributed by atoms with Crippen LogP contribution in [0, 0.1) is 12.3 Å². The SMILES string of the molecule is C=CC(C)(CNC(C)C)Cc1nc(C)cs1. The van der Waals surface area contributed by atoms with Crippen molar-refractivity contribution in [2.75, 3.05) is 6.54 Å². The molecule has 16 heavy (non-hydrogen) atoms. The summed E-state index contributed by atoms with van der Waals surface area (Å²) in [6.45, 7) is 13.5. The van der Waals surface area contributed by atoms with E-state index in [9.17, 15) is 0 Å². The molecule has 1 N–H and O–H groups in total. The molecule has 0 aliphatic rings. The van der Waals surface area contributed by atoms with Gasteiger partial charge in [-0.3, -0.25) is 0 Å². The van der Waals surface area contributed by atoms with E-state index < -0.39 is 0 Å². The van der Waals surface area contributed by atoms with E-state index in [1.165, 1.54) is 5.01 Å². The third-order valence-corrected chi connectivity index (χ3v) is 3.60. The summed E-state index contributed by atoms with van der Waals surface area (Å²) < 4.78 is 0. The fourth-order valence-electron chi connectivity index (χ4n) is 1.47. The molecule has 0 bridgehead atoms. The third-order valence-electron chi connectivity index (χ3n) is 2.63. The lowest BCUT2D eigenvalue weighted by atomic mass is 9.87. The molecule has 0 saturated heterocycles. The van der Waals surface area contributed by atoms with Crippen LogP contribution in [0.3, 0.4) is 0 Å². The highest BCUT2D eigenvalue weighted by Crippen LogP contribution is 2.25. The second kappa shape index (κ2) is 5.60. The molecule has 1 atom stereocenters. The van der Waals surface area contributed by atoms with Crippen LogP contribution < -0.4 is 5.32 Å². The Kier molecular flexibility index (Phi) is 4.69. The van der Waals surface area contributed by atoms with Crippen LogP contribution in [0.5, 0.6) is 0 Å². The van der Waals surface area contributed by atoms with E-state index in [-0.39, 0.29) is 5.41 Å². The van der Waals surface area contributed by atoms with Crippen LogP contribution in [0.1, 0.15) is 31.5 Å². The molecule has 0 fully saturated rings. The number of rotatable bonds is 6. The first kappa shape index (κ1) is 13.4. The van der Waals surface area contributed by atoms with Crippen molar-refractivity contribution in [2.24, 2.45) is 5.41 Å². The molecule has 0 saturated carbocycles. The van der Waals surface area contributed by atoms with Gasteiger partial charge in [0.25, 0.3) is 0 Å². The number of nitrogens with one attached hydrogen (secondary N) is 1. The lowest BCUT2D eigenvalue weighted by molar-refractivity contribution is 0.373. The third kappa shape index (κ3) is 4.06. The predicted molar refractivity (Wildman–Crippen MR) is 72.0 cm³/mol. The number of hydrogen-bond acceptors (Lipinski definition) is 3. The summed E-state index contributed by atoms with van der Waals surface area (Å²) in [4.78, 5) is 4.51. The van der Waals surface area contributed by atoms with E-state index in [0.717, 1.165) is 18.7 Å². The standard InChI is InChI=1S/C13H22N2S/c1-6-13(5,9-14-10(2)3)7-12-15-11(4)8-16-12/h6,8,10,14H,1,7,9H2,2-5H3. The average Bonchev–Trinajstić information content (AvgIpc) is 2.61. The van der Waals surface area contributed by atoms with Crippen LogP contribution in [-0.4, -0.2) is 17.6 Å². The molecule has 0 spiro atoms. The smallest absolute Gasteiger partial charge is 0.0937 e. The van der Waals surface area contributed by atoms with Gasteiger partial charge in [0.15, 0.2) is 0 Å². The predicted octanol–water partition coefficient (Wildman–Crippen LogP) is 3.18. The zero-order chi connectivity index (χ0) is 12.2. The summed E-state index contributed by atoms with van der Waals surface area (Å²) in [7, 11) is 0. The highest BCUT2D eigenvalue weighted by Gasteiger charge is 2.22. The number of aromatic nitrogens is 1. The number of hydrogen-bond donors (Lipinski definition) is 1. The Balaban J connectivity index is 2.62. The van der Waals surface area contributed by atoms with E-state index in [2.05, 4.69) is 43.0 Å². The monoisotopic (exact) mass is 238 g/mol. The fourth-order valence-corrected chi connectivity index (χ4v) is 2.44. The molecule has 0 aromatic carbocycles. The summed E-state index contributed by atoms with van der Waals surface area (Å²) in [5, 5.41) is 6.78. The number of thiazole rings is 1. The van der Waals surface area contributed by atoms with Crippen molar-refractivity contribution < 1.29 is 0 Å². The molecule has 1 heterocycles. The van der Waals surface area contributed by atoms with E-state index in [1.54, 1.807) is 11.3 Å².